The maximum absolute atomic E-state index is 12.0. The Morgan fingerprint density at radius 3 is 2.60 bits per heavy atom. The molecule has 6 nitrogen and oxygen atoms in total. The van der Waals surface area contributed by atoms with Gasteiger partial charge in [0.15, 0.2) is 0 Å². The third-order valence-electron chi connectivity index (χ3n) is 4.52. The molecule has 0 spiro atoms. The van der Waals surface area contributed by atoms with Gasteiger partial charge in [0.1, 0.15) is 5.54 Å². The summed E-state index contributed by atoms with van der Waals surface area (Å²) in [7, 11) is 1.66. The van der Waals surface area contributed by atoms with E-state index in [1.807, 2.05) is 6.92 Å². The van der Waals surface area contributed by atoms with Gasteiger partial charge < -0.3 is 20.5 Å². The van der Waals surface area contributed by atoms with Gasteiger partial charge in [-0.2, -0.15) is 0 Å². The number of carbonyl (C=O) groups excluding carboxylic acids is 1. The molecule has 3 N–H and O–H groups in total. The van der Waals surface area contributed by atoms with Gasteiger partial charge in [-0.25, -0.2) is 9.59 Å². The van der Waals surface area contributed by atoms with Crippen molar-refractivity contribution < 1.29 is 19.4 Å². The number of hydrogen-bond acceptors (Lipinski definition) is 3. The molecule has 2 fully saturated rings. The molecule has 2 atom stereocenters. The van der Waals surface area contributed by atoms with Gasteiger partial charge in [-0.1, -0.05) is 19.8 Å². The molecule has 2 amide bonds. The SMILES string of the molecule is COC1CC(NC(=O)NC2(C(=O)O)CCCC(C)C2)C1. The van der Waals surface area contributed by atoms with E-state index in [9.17, 15) is 14.7 Å². The van der Waals surface area contributed by atoms with E-state index in [-0.39, 0.29) is 18.2 Å². The third kappa shape index (κ3) is 3.23. The molecule has 2 aliphatic carbocycles. The van der Waals surface area contributed by atoms with Gasteiger partial charge in [0, 0.05) is 13.2 Å². The first kappa shape index (κ1) is 15.1. The van der Waals surface area contributed by atoms with Crippen molar-refractivity contribution in [1.82, 2.24) is 10.6 Å². The highest BCUT2D eigenvalue weighted by Crippen LogP contribution is 2.32. The second kappa shape index (κ2) is 5.99. The molecule has 2 aliphatic rings. The van der Waals surface area contributed by atoms with Crippen LogP contribution in [-0.2, 0) is 9.53 Å². The van der Waals surface area contributed by atoms with Crippen LogP contribution in [0.3, 0.4) is 0 Å². The largest absolute Gasteiger partial charge is 0.480 e. The van der Waals surface area contributed by atoms with Gasteiger partial charge in [-0.3, -0.25) is 0 Å². The lowest BCUT2D eigenvalue weighted by atomic mass is 9.76. The summed E-state index contributed by atoms with van der Waals surface area (Å²) in [5.74, 6) is -0.607. The molecular weight excluding hydrogens is 260 g/mol. The van der Waals surface area contributed by atoms with Crippen molar-refractivity contribution in [1.29, 1.82) is 0 Å². The van der Waals surface area contributed by atoms with E-state index in [1.54, 1.807) is 7.11 Å². The van der Waals surface area contributed by atoms with E-state index in [4.69, 9.17) is 4.74 Å². The van der Waals surface area contributed by atoms with Crippen LogP contribution in [-0.4, -0.2) is 41.9 Å². The molecule has 0 aromatic heterocycles. The Bertz CT molecular complexity index is 381. The number of amides is 2. The average molecular weight is 284 g/mol. The second-order valence-corrected chi connectivity index (χ2v) is 6.21. The number of aliphatic carboxylic acids is 1. The lowest BCUT2D eigenvalue weighted by molar-refractivity contribution is -0.146. The predicted molar refractivity (Wildman–Crippen MR) is 73.5 cm³/mol. The number of carboxylic acids is 1. The summed E-state index contributed by atoms with van der Waals surface area (Å²) >= 11 is 0. The standard InChI is InChI=1S/C14H24N2O4/c1-9-4-3-5-14(8-9,12(17)18)16-13(19)15-10-6-11(7-10)20-2/h9-11H,3-8H2,1-2H3,(H,17,18)(H2,15,16,19). The molecule has 2 unspecified atom stereocenters. The Morgan fingerprint density at radius 2 is 2.05 bits per heavy atom. The molecule has 0 bridgehead atoms. The molecule has 0 aliphatic heterocycles. The van der Waals surface area contributed by atoms with E-state index >= 15 is 0 Å². The van der Waals surface area contributed by atoms with Crippen LogP contribution < -0.4 is 10.6 Å². The highest BCUT2D eigenvalue weighted by molar-refractivity contribution is 5.86. The summed E-state index contributed by atoms with van der Waals surface area (Å²) < 4.78 is 5.15. The number of methoxy groups -OCH3 is 1. The molecule has 114 valence electrons. The van der Waals surface area contributed by atoms with Crippen molar-refractivity contribution in [2.45, 2.75) is 63.1 Å². The topological polar surface area (TPSA) is 87.7 Å². The van der Waals surface area contributed by atoms with Crippen molar-refractivity contribution in [2.75, 3.05) is 7.11 Å². The van der Waals surface area contributed by atoms with Gasteiger partial charge in [-0.15, -0.1) is 0 Å². The number of nitrogens with one attached hydrogen (secondary N) is 2. The summed E-state index contributed by atoms with van der Waals surface area (Å²) in [5, 5.41) is 15.0. The Kier molecular flexibility index (Phi) is 4.52. The second-order valence-electron chi connectivity index (χ2n) is 6.21. The Labute approximate surface area is 119 Å². The molecule has 20 heavy (non-hydrogen) atoms. The monoisotopic (exact) mass is 284 g/mol. The molecule has 0 aromatic rings. The maximum atomic E-state index is 12.0. The molecule has 2 rings (SSSR count). The third-order valence-corrected chi connectivity index (χ3v) is 4.52. The van der Waals surface area contributed by atoms with Crippen molar-refractivity contribution in [3.63, 3.8) is 0 Å². The summed E-state index contributed by atoms with van der Waals surface area (Å²) in [6, 6.07) is -0.284. The molecule has 0 aromatic carbocycles. The van der Waals surface area contributed by atoms with Crippen LogP contribution in [0.4, 0.5) is 4.79 Å². The minimum absolute atomic E-state index is 0.0896. The Balaban J connectivity index is 1.88. The maximum Gasteiger partial charge on any atom is 0.329 e. The van der Waals surface area contributed by atoms with Crippen LogP contribution in [0.1, 0.15) is 45.4 Å². The van der Waals surface area contributed by atoms with E-state index < -0.39 is 11.5 Å². The van der Waals surface area contributed by atoms with Gasteiger partial charge in [0.25, 0.3) is 0 Å². The molecule has 2 saturated carbocycles. The van der Waals surface area contributed by atoms with Crippen molar-refractivity contribution in [3.8, 4) is 0 Å². The lowest BCUT2D eigenvalue weighted by Crippen LogP contribution is -2.61. The number of carboxylic acid groups (broad SMARTS) is 1. The number of urea groups is 1. The molecule has 0 saturated heterocycles. The van der Waals surface area contributed by atoms with Crippen molar-refractivity contribution >= 4 is 12.0 Å². The number of rotatable bonds is 4. The lowest BCUT2D eigenvalue weighted by Gasteiger charge is -2.39. The van der Waals surface area contributed by atoms with Crippen molar-refractivity contribution in [2.24, 2.45) is 5.92 Å². The van der Waals surface area contributed by atoms with Crippen molar-refractivity contribution in [3.05, 3.63) is 0 Å². The minimum atomic E-state index is -1.11. The molecular formula is C14H24N2O4. The summed E-state index contributed by atoms with van der Waals surface area (Å²) in [6.07, 6.45) is 4.66. The molecule has 6 heteroatoms. The average Bonchev–Trinajstić information content (AvgIpc) is 2.33. The van der Waals surface area contributed by atoms with Crippen LogP contribution >= 0.6 is 0 Å². The fraction of sp³-hybridized carbons (Fsp3) is 0.857. The van der Waals surface area contributed by atoms with Gasteiger partial charge in [0.05, 0.1) is 6.10 Å². The van der Waals surface area contributed by atoms with E-state index in [0.29, 0.717) is 18.8 Å². The summed E-state index contributed by atoms with van der Waals surface area (Å²) in [4.78, 5) is 23.6. The summed E-state index contributed by atoms with van der Waals surface area (Å²) in [6.45, 7) is 2.03. The smallest absolute Gasteiger partial charge is 0.329 e. The fourth-order valence-corrected chi connectivity index (χ4v) is 3.23. The Hall–Kier alpha value is -1.30. The highest BCUT2D eigenvalue weighted by Gasteiger charge is 2.43. The normalized spacial score (nSPS) is 36.8. The predicted octanol–water partition coefficient (Wildman–Crippen LogP) is 1.50. The summed E-state index contributed by atoms with van der Waals surface area (Å²) in [5.41, 5.74) is -1.11. The van der Waals surface area contributed by atoms with Gasteiger partial charge >= 0.3 is 12.0 Å². The first-order chi connectivity index (χ1) is 9.45. The van der Waals surface area contributed by atoms with Crippen LogP contribution in [0.2, 0.25) is 0 Å². The molecule has 0 radical (unpaired) electrons. The van der Waals surface area contributed by atoms with E-state index in [1.165, 1.54) is 0 Å². The number of carbonyl (C=O) groups is 2. The van der Waals surface area contributed by atoms with Crippen LogP contribution in [0, 0.1) is 5.92 Å². The fourth-order valence-electron chi connectivity index (χ4n) is 3.23. The quantitative estimate of drug-likeness (QED) is 0.730. The zero-order valence-electron chi connectivity index (χ0n) is 12.1. The molecule has 0 heterocycles. The van der Waals surface area contributed by atoms with Crippen LogP contribution in [0.25, 0.3) is 0 Å². The first-order valence-electron chi connectivity index (χ1n) is 7.30. The van der Waals surface area contributed by atoms with Gasteiger partial charge in [0.2, 0.25) is 0 Å². The van der Waals surface area contributed by atoms with Crippen LogP contribution in [0.15, 0.2) is 0 Å². The first-order valence-corrected chi connectivity index (χ1v) is 7.30. The van der Waals surface area contributed by atoms with E-state index in [2.05, 4.69) is 10.6 Å². The number of ether oxygens (including phenoxy) is 1. The highest BCUT2D eigenvalue weighted by atomic mass is 16.5. The zero-order chi connectivity index (χ0) is 14.8. The van der Waals surface area contributed by atoms with E-state index in [0.717, 1.165) is 25.7 Å². The Morgan fingerprint density at radius 1 is 1.35 bits per heavy atom. The van der Waals surface area contributed by atoms with Crippen LogP contribution in [0.5, 0.6) is 0 Å². The van der Waals surface area contributed by atoms with Gasteiger partial charge in [-0.05, 0) is 31.6 Å². The minimum Gasteiger partial charge on any atom is -0.480 e. The number of hydrogen-bond donors (Lipinski definition) is 3. The zero-order valence-corrected chi connectivity index (χ0v) is 12.1.